The van der Waals surface area contributed by atoms with Crippen molar-refractivity contribution in [3.8, 4) is 0 Å². The number of carbonyl (C=O) groups is 2. The molecule has 0 aromatic heterocycles. The molecule has 8 nitrogen and oxygen atoms in total. The van der Waals surface area contributed by atoms with E-state index >= 15 is 0 Å². The van der Waals surface area contributed by atoms with E-state index in [1.807, 2.05) is 0 Å². The molecule has 0 spiro atoms. The van der Waals surface area contributed by atoms with Gasteiger partial charge in [0.05, 0.1) is 25.4 Å². The van der Waals surface area contributed by atoms with Crippen LogP contribution in [0.4, 0.5) is 0 Å². The van der Waals surface area contributed by atoms with Crippen LogP contribution in [0, 0.1) is 17.8 Å². The Morgan fingerprint density at radius 2 is 1.71 bits per heavy atom. The first-order valence-electron chi connectivity index (χ1n) is 16.4. The maximum Gasteiger partial charge on any atom is 0.305 e. The molecule has 2 heterocycles. The standard InChI is InChI=1S/C33H56O8/c1-4-5-12-24(2)21-26(40-32-15-8-10-19-38-32)17-18-27-28(22-25(34)13-6-7-14-31(36)37-3)29(35)23-30(27)41-33-16-9-11-20-39-33/h17-18,24,26-30,32-33,35H,4-16,19-23H2,1-3H3/b18-17+/t24-,26+,27+,28+,29-,30+,32?,33?/m0/s1. The second kappa shape index (κ2) is 19.1. The average Bonchev–Trinajstić information content (AvgIpc) is 3.26. The zero-order valence-corrected chi connectivity index (χ0v) is 25.8. The Bertz CT molecular complexity index is 773. The number of unbranched alkanes of at least 4 members (excludes halogenated alkanes) is 2. The van der Waals surface area contributed by atoms with E-state index in [0.29, 0.717) is 51.0 Å². The Labute approximate surface area is 247 Å². The maximum absolute atomic E-state index is 13.0. The quantitative estimate of drug-likeness (QED) is 0.115. The van der Waals surface area contributed by atoms with Crippen LogP contribution in [0.25, 0.3) is 0 Å². The van der Waals surface area contributed by atoms with Gasteiger partial charge in [0, 0.05) is 50.7 Å². The molecule has 8 heteroatoms. The number of ketones is 1. The first kappa shape index (κ1) is 34.2. The second-order valence-corrected chi connectivity index (χ2v) is 12.4. The number of ether oxygens (including phenoxy) is 5. The maximum atomic E-state index is 13.0. The van der Waals surface area contributed by atoms with Crippen molar-refractivity contribution in [3.05, 3.63) is 12.2 Å². The zero-order valence-electron chi connectivity index (χ0n) is 25.8. The Morgan fingerprint density at radius 3 is 2.37 bits per heavy atom. The molecule has 0 amide bonds. The van der Waals surface area contributed by atoms with E-state index in [1.165, 1.54) is 20.0 Å². The summed E-state index contributed by atoms with van der Waals surface area (Å²) in [5.74, 6) is 0.0463. The fraction of sp³-hybridized carbons (Fsp3) is 0.879. The normalized spacial score (nSPS) is 30.3. The molecule has 1 saturated carbocycles. The van der Waals surface area contributed by atoms with Gasteiger partial charge in [-0.15, -0.1) is 0 Å². The molecule has 0 aromatic carbocycles. The van der Waals surface area contributed by atoms with Crippen molar-refractivity contribution in [2.45, 2.75) is 147 Å². The van der Waals surface area contributed by atoms with Crippen LogP contribution in [0.1, 0.15) is 117 Å². The van der Waals surface area contributed by atoms with E-state index < -0.39 is 6.10 Å². The van der Waals surface area contributed by atoms with Crippen molar-refractivity contribution in [1.29, 1.82) is 0 Å². The minimum Gasteiger partial charge on any atom is -0.469 e. The van der Waals surface area contributed by atoms with Crippen LogP contribution in [0.15, 0.2) is 12.2 Å². The van der Waals surface area contributed by atoms with E-state index in [0.717, 1.165) is 58.0 Å². The lowest BCUT2D eigenvalue weighted by atomic mass is 9.87. The second-order valence-electron chi connectivity index (χ2n) is 12.4. The summed E-state index contributed by atoms with van der Waals surface area (Å²) in [7, 11) is 1.38. The third-order valence-electron chi connectivity index (χ3n) is 8.83. The molecular formula is C33H56O8. The number of carbonyl (C=O) groups excluding carboxylic acids is 2. The smallest absolute Gasteiger partial charge is 0.305 e. The van der Waals surface area contributed by atoms with Gasteiger partial charge >= 0.3 is 5.97 Å². The van der Waals surface area contributed by atoms with Gasteiger partial charge in [0.1, 0.15) is 5.78 Å². The van der Waals surface area contributed by atoms with Crippen LogP contribution in [0.3, 0.4) is 0 Å². The molecule has 0 bridgehead atoms. The van der Waals surface area contributed by atoms with Crippen LogP contribution in [-0.2, 0) is 33.3 Å². The van der Waals surface area contributed by atoms with Crippen LogP contribution >= 0.6 is 0 Å². The number of methoxy groups -OCH3 is 1. The van der Waals surface area contributed by atoms with Gasteiger partial charge in [-0.2, -0.15) is 0 Å². The highest BCUT2D eigenvalue weighted by Crippen LogP contribution is 2.40. The van der Waals surface area contributed by atoms with Crippen molar-refractivity contribution < 1.29 is 38.4 Å². The molecule has 2 saturated heterocycles. The van der Waals surface area contributed by atoms with Gasteiger partial charge in [0.25, 0.3) is 0 Å². The monoisotopic (exact) mass is 580 g/mol. The third kappa shape index (κ3) is 12.4. The molecule has 2 aliphatic heterocycles. The van der Waals surface area contributed by atoms with Gasteiger partial charge in [-0.25, -0.2) is 0 Å². The molecule has 3 fully saturated rings. The average molecular weight is 581 g/mol. The number of rotatable bonds is 18. The highest BCUT2D eigenvalue weighted by Gasteiger charge is 2.44. The Morgan fingerprint density at radius 1 is 1.00 bits per heavy atom. The number of aliphatic hydroxyl groups excluding tert-OH is 1. The molecule has 3 rings (SSSR count). The minimum atomic E-state index is -0.623. The summed E-state index contributed by atoms with van der Waals surface area (Å²) in [5, 5.41) is 11.1. The largest absolute Gasteiger partial charge is 0.469 e. The molecule has 0 aromatic rings. The molecule has 1 N–H and O–H groups in total. The lowest BCUT2D eigenvalue weighted by Gasteiger charge is -2.30. The summed E-state index contributed by atoms with van der Waals surface area (Å²) in [6.45, 7) is 5.94. The van der Waals surface area contributed by atoms with Crippen molar-refractivity contribution in [1.82, 2.24) is 0 Å². The summed E-state index contributed by atoms with van der Waals surface area (Å²) >= 11 is 0. The molecule has 8 atom stereocenters. The summed E-state index contributed by atoms with van der Waals surface area (Å²) < 4.78 is 29.4. The molecule has 236 valence electrons. The predicted molar refractivity (Wildman–Crippen MR) is 157 cm³/mol. The zero-order chi connectivity index (χ0) is 29.5. The van der Waals surface area contributed by atoms with Crippen molar-refractivity contribution >= 4 is 11.8 Å². The van der Waals surface area contributed by atoms with Crippen LogP contribution in [0.5, 0.6) is 0 Å². The summed E-state index contributed by atoms with van der Waals surface area (Å²) in [6.07, 6.45) is 16.2. The highest BCUT2D eigenvalue weighted by molar-refractivity contribution is 5.78. The van der Waals surface area contributed by atoms with Crippen molar-refractivity contribution in [3.63, 3.8) is 0 Å². The third-order valence-corrected chi connectivity index (χ3v) is 8.83. The molecule has 3 aliphatic rings. The molecule has 41 heavy (non-hydrogen) atoms. The lowest BCUT2D eigenvalue weighted by Crippen LogP contribution is -2.32. The number of aliphatic hydroxyl groups is 1. The van der Waals surface area contributed by atoms with Gasteiger partial charge < -0.3 is 28.8 Å². The molecule has 0 radical (unpaired) electrons. The van der Waals surface area contributed by atoms with Crippen LogP contribution in [0.2, 0.25) is 0 Å². The molecule has 1 aliphatic carbocycles. The summed E-state index contributed by atoms with van der Waals surface area (Å²) in [6, 6.07) is 0. The van der Waals surface area contributed by atoms with E-state index in [-0.39, 0.29) is 48.4 Å². The fourth-order valence-electron chi connectivity index (χ4n) is 6.37. The number of hydrogen-bond acceptors (Lipinski definition) is 8. The number of Topliss-reactive ketones (excluding diaryl/α,β-unsaturated/α-hetero) is 1. The van der Waals surface area contributed by atoms with E-state index in [1.54, 1.807) is 0 Å². The SMILES string of the molecule is CCCC[C@H](C)C[C@@H](/C=C/[C@@H]1[C@@H](CC(=O)CCCCC(=O)OC)[C@@H](O)C[C@H]1OC1CCCCO1)OC1CCCCO1. The predicted octanol–water partition coefficient (Wildman–Crippen LogP) is 6.27. The summed E-state index contributed by atoms with van der Waals surface area (Å²) in [4.78, 5) is 24.4. The van der Waals surface area contributed by atoms with Gasteiger partial charge in [0.15, 0.2) is 12.6 Å². The lowest BCUT2D eigenvalue weighted by molar-refractivity contribution is -0.193. The highest BCUT2D eigenvalue weighted by atomic mass is 16.7. The van der Waals surface area contributed by atoms with E-state index in [2.05, 4.69) is 26.0 Å². The van der Waals surface area contributed by atoms with Crippen molar-refractivity contribution in [2.24, 2.45) is 17.8 Å². The first-order valence-corrected chi connectivity index (χ1v) is 16.4. The number of hydrogen-bond donors (Lipinski definition) is 1. The Balaban J connectivity index is 1.70. The van der Waals surface area contributed by atoms with Gasteiger partial charge in [-0.1, -0.05) is 45.3 Å². The topological polar surface area (TPSA) is 101 Å². The molecule has 2 unspecified atom stereocenters. The minimum absolute atomic E-state index is 0.0936. The summed E-state index contributed by atoms with van der Waals surface area (Å²) in [5.41, 5.74) is 0. The van der Waals surface area contributed by atoms with Crippen LogP contribution in [-0.4, -0.2) is 68.1 Å². The van der Waals surface area contributed by atoms with Crippen LogP contribution < -0.4 is 0 Å². The first-order chi connectivity index (χ1) is 19.9. The van der Waals surface area contributed by atoms with E-state index in [4.69, 9.17) is 23.7 Å². The number of esters is 1. The Hall–Kier alpha value is -1.32. The van der Waals surface area contributed by atoms with Gasteiger partial charge in [-0.3, -0.25) is 9.59 Å². The fourth-order valence-corrected chi connectivity index (χ4v) is 6.37. The van der Waals surface area contributed by atoms with Gasteiger partial charge in [0.2, 0.25) is 0 Å². The van der Waals surface area contributed by atoms with Gasteiger partial charge in [-0.05, 0) is 63.7 Å². The van der Waals surface area contributed by atoms with E-state index in [9.17, 15) is 14.7 Å². The van der Waals surface area contributed by atoms with Crippen molar-refractivity contribution in [2.75, 3.05) is 20.3 Å². The molecular weight excluding hydrogens is 524 g/mol. The Kier molecular flexibility index (Phi) is 15.9.